The number of urea groups is 1. The number of hydrogen-bond donors (Lipinski definition) is 8. The maximum atomic E-state index is 12.3. The van der Waals surface area contributed by atoms with Crippen LogP contribution in [0, 0.1) is 0 Å². The highest BCUT2D eigenvalue weighted by Crippen LogP contribution is 2.29. The molecule has 16 heteroatoms. The van der Waals surface area contributed by atoms with Crippen molar-refractivity contribution >= 4 is 68.8 Å². The van der Waals surface area contributed by atoms with Crippen LogP contribution in [0.2, 0.25) is 0 Å². The summed E-state index contributed by atoms with van der Waals surface area (Å²) < 4.78 is 0. The number of rotatable bonds is 7. The molecule has 0 radical (unpaired) electrons. The van der Waals surface area contributed by atoms with Gasteiger partial charge in [-0.05, 0) is 95.9 Å². The zero-order valence-corrected chi connectivity index (χ0v) is 27.1. The Kier molecular flexibility index (Phi) is 9.38. The number of fused-ring (bicyclic) bond motifs is 2. The van der Waals surface area contributed by atoms with E-state index < -0.39 is 18.0 Å². The van der Waals surface area contributed by atoms with Gasteiger partial charge in [-0.2, -0.15) is 10.2 Å². The summed E-state index contributed by atoms with van der Waals surface area (Å²) >= 11 is 0. The Morgan fingerprint density at radius 3 is 1.92 bits per heavy atom. The van der Waals surface area contributed by atoms with Gasteiger partial charge in [0.05, 0.1) is 11.0 Å². The van der Waals surface area contributed by atoms with Crippen molar-refractivity contribution in [3.05, 3.63) is 103 Å². The molecular weight excluding hydrogens is 652 g/mol. The van der Waals surface area contributed by atoms with Crippen LogP contribution in [0.5, 0.6) is 0 Å². The Balaban J connectivity index is 0.000000183. The minimum Gasteiger partial charge on any atom is -0.465 e. The fourth-order valence-electron chi connectivity index (χ4n) is 5.28. The summed E-state index contributed by atoms with van der Waals surface area (Å²) in [5.41, 5.74) is 22.9. The van der Waals surface area contributed by atoms with E-state index in [-0.39, 0.29) is 0 Å². The quantitative estimate of drug-likeness (QED) is 0.102. The summed E-state index contributed by atoms with van der Waals surface area (Å²) in [6, 6.07) is 24.5. The topological polar surface area (TPSA) is 260 Å². The van der Waals surface area contributed by atoms with Crippen molar-refractivity contribution in [3.8, 4) is 22.3 Å². The molecule has 16 nitrogen and oxygen atoms in total. The summed E-state index contributed by atoms with van der Waals surface area (Å²) in [6.45, 7) is 2.10. The smallest absolute Gasteiger partial charge is 0.412 e. The van der Waals surface area contributed by atoms with Gasteiger partial charge in [0.15, 0.2) is 11.6 Å². The predicted octanol–water partition coefficient (Wildman–Crippen LogP) is 5.66. The maximum Gasteiger partial charge on any atom is 0.412 e. The third kappa shape index (κ3) is 7.49. The van der Waals surface area contributed by atoms with E-state index in [1.807, 2.05) is 48.5 Å². The van der Waals surface area contributed by atoms with E-state index in [9.17, 15) is 19.5 Å². The van der Waals surface area contributed by atoms with Gasteiger partial charge in [-0.25, -0.2) is 19.6 Å². The Labute approximate surface area is 289 Å². The summed E-state index contributed by atoms with van der Waals surface area (Å²) in [7, 11) is 0. The molecule has 0 unspecified atom stereocenters. The van der Waals surface area contributed by atoms with Crippen LogP contribution in [-0.4, -0.2) is 60.0 Å². The van der Waals surface area contributed by atoms with Crippen molar-refractivity contribution in [3.63, 3.8) is 0 Å². The highest BCUT2D eigenvalue weighted by atomic mass is 16.4. The molecule has 256 valence electrons. The zero-order valence-electron chi connectivity index (χ0n) is 27.1. The molecular formula is C35H32N12O4. The highest BCUT2D eigenvalue weighted by molar-refractivity contribution is 6.01. The van der Waals surface area contributed by atoms with Crippen LogP contribution >= 0.6 is 0 Å². The van der Waals surface area contributed by atoms with E-state index in [1.165, 1.54) is 11.0 Å². The molecule has 0 aliphatic rings. The largest absolute Gasteiger partial charge is 0.465 e. The van der Waals surface area contributed by atoms with Crippen LogP contribution in [0.25, 0.3) is 44.1 Å². The van der Waals surface area contributed by atoms with Crippen LogP contribution in [0.1, 0.15) is 17.3 Å². The predicted molar refractivity (Wildman–Crippen MR) is 196 cm³/mol. The van der Waals surface area contributed by atoms with Gasteiger partial charge in [-0.15, -0.1) is 0 Å². The lowest BCUT2D eigenvalue weighted by Crippen LogP contribution is -2.29. The first kappa shape index (κ1) is 33.4. The molecule has 0 saturated heterocycles. The zero-order chi connectivity index (χ0) is 36.1. The number of amides is 4. The van der Waals surface area contributed by atoms with Gasteiger partial charge >= 0.3 is 12.1 Å². The number of hydrogen-bond acceptors (Lipinski definition) is 9. The van der Waals surface area contributed by atoms with Gasteiger partial charge < -0.3 is 27.6 Å². The van der Waals surface area contributed by atoms with Gasteiger partial charge in [0.1, 0.15) is 11.6 Å². The van der Waals surface area contributed by atoms with Gasteiger partial charge in [-0.3, -0.25) is 25.2 Å². The van der Waals surface area contributed by atoms with E-state index in [0.717, 1.165) is 44.1 Å². The minimum absolute atomic E-state index is 0.303. The molecule has 3 aromatic carbocycles. The van der Waals surface area contributed by atoms with E-state index >= 15 is 0 Å². The molecule has 0 atom stereocenters. The fourth-order valence-corrected chi connectivity index (χ4v) is 5.28. The third-order valence-corrected chi connectivity index (χ3v) is 7.83. The lowest BCUT2D eigenvalue weighted by Gasteiger charge is -2.16. The Hall–Kier alpha value is -7.49. The van der Waals surface area contributed by atoms with Crippen molar-refractivity contribution < 1.29 is 19.5 Å². The average Bonchev–Trinajstić information content (AvgIpc) is 3.69. The number of carboxylic acid groups (broad SMARTS) is 1. The number of nitrogens with one attached hydrogen (secondary N) is 4. The van der Waals surface area contributed by atoms with Gasteiger partial charge in [-0.1, -0.05) is 18.2 Å². The molecule has 7 rings (SSSR count). The van der Waals surface area contributed by atoms with Crippen LogP contribution in [0.3, 0.4) is 0 Å². The molecule has 0 spiro atoms. The Bertz CT molecular complexity index is 2400. The molecule has 51 heavy (non-hydrogen) atoms. The van der Waals surface area contributed by atoms with Crippen LogP contribution in [0.4, 0.5) is 38.5 Å². The SMILES string of the molecule is CCN(C(=O)O)c1cc(-c2ccc3[nH]nc(N)c3c2)ccn1.NC(=O)c1cccc(NC(=O)Nc2cc(-c3ccc4[nH]nc(N)c4c3)ccn2)c1. The highest BCUT2D eigenvalue weighted by Gasteiger charge is 2.15. The van der Waals surface area contributed by atoms with E-state index in [2.05, 4.69) is 41.0 Å². The van der Waals surface area contributed by atoms with Crippen molar-refractivity contribution in [2.45, 2.75) is 6.92 Å². The monoisotopic (exact) mass is 684 g/mol. The van der Waals surface area contributed by atoms with Crippen LogP contribution < -0.4 is 32.7 Å². The lowest BCUT2D eigenvalue weighted by molar-refractivity contribution is 0.1000. The average molecular weight is 685 g/mol. The molecule has 0 aliphatic carbocycles. The second-order valence-electron chi connectivity index (χ2n) is 11.1. The molecule has 11 N–H and O–H groups in total. The van der Waals surface area contributed by atoms with Crippen LogP contribution in [-0.2, 0) is 0 Å². The first-order valence-electron chi connectivity index (χ1n) is 15.5. The van der Waals surface area contributed by atoms with Crippen molar-refractivity contribution in [1.29, 1.82) is 0 Å². The lowest BCUT2D eigenvalue weighted by atomic mass is 10.0. The van der Waals surface area contributed by atoms with E-state index in [0.29, 0.717) is 41.1 Å². The standard InChI is InChI=1S/C20H17N7O2.C15H15N5O2/c21-18-15-9-11(4-5-16(15)26-27-18)12-6-7-23-17(10-12)25-20(29)24-14-3-1-2-13(8-14)19(22)28;1-2-20(15(21)22)13-8-10(5-6-17-13)9-3-4-12-11(7-9)14(16)19-18-12/h1-10H,(H2,22,28)(H3,21,26,27)(H2,23,24,25,29);3-8H,2H2,1H3,(H,21,22)(H3,16,18,19). The Morgan fingerprint density at radius 2 is 1.33 bits per heavy atom. The van der Waals surface area contributed by atoms with E-state index in [4.69, 9.17) is 17.2 Å². The molecule has 4 aromatic heterocycles. The fraction of sp³-hybridized carbons (Fsp3) is 0.0571. The number of nitrogen functional groups attached to an aromatic ring is 2. The molecule has 0 bridgehead atoms. The second kappa shape index (κ2) is 14.3. The third-order valence-electron chi connectivity index (χ3n) is 7.83. The number of anilines is 5. The molecule has 4 amide bonds. The number of aromatic nitrogens is 6. The van der Waals surface area contributed by atoms with Gasteiger partial charge in [0, 0.05) is 41.0 Å². The number of H-pyrrole nitrogens is 2. The second-order valence-corrected chi connectivity index (χ2v) is 11.1. The van der Waals surface area contributed by atoms with E-state index in [1.54, 1.807) is 49.6 Å². The number of nitrogens with two attached hydrogens (primary N) is 3. The normalized spacial score (nSPS) is 10.7. The van der Waals surface area contributed by atoms with Crippen LogP contribution in [0.15, 0.2) is 97.3 Å². The molecule has 0 fully saturated rings. The van der Waals surface area contributed by atoms with Gasteiger partial charge in [0.2, 0.25) is 5.91 Å². The number of aromatic amines is 2. The molecule has 4 heterocycles. The number of carbonyl (C=O) groups is 3. The van der Waals surface area contributed by atoms with Gasteiger partial charge in [0.25, 0.3) is 0 Å². The number of pyridine rings is 2. The molecule has 0 aliphatic heterocycles. The first-order chi connectivity index (χ1) is 24.6. The summed E-state index contributed by atoms with van der Waals surface area (Å²) in [6.07, 6.45) is 2.17. The number of carbonyl (C=O) groups excluding carboxylic acids is 2. The molecule has 7 aromatic rings. The molecule has 0 saturated carbocycles. The summed E-state index contributed by atoms with van der Waals surface area (Å²) in [5.74, 6) is 1.05. The minimum atomic E-state index is -1.03. The Morgan fingerprint density at radius 1 is 0.745 bits per heavy atom. The summed E-state index contributed by atoms with van der Waals surface area (Å²) in [5, 5.41) is 29.8. The number of benzene rings is 3. The maximum absolute atomic E-state index is 12.3. The summed E-state index contributed by atoms with van der Waals surface area (Å²) in [4.78, 5) is 44.3. The number of primary amides is 1. The van der Waals surface area contributed by atoms with Crippen molar-refractivity contribution in [1.82, 2.24) is 30.4 Å². The first-order valence-corrected chi connectivity index (χ1v) is 15.5. The number of nitrogens with zero attached hydrogens (tertiary/aromatic N) is 5. The van der Waals surface area contributed by atoms with Crippen molar-refractivity contribution in [2.75, 3.05) is 33.5 Å². The van der Waals surface area contributed by atoms with Crippen molar-refractivity contribution in [2.24, 2.45) is 5.73 Å².